The smallest absolute Gasteiger partial charge is 0.254 e. The average molecular weight is 366 g/mol. The molecule has 26 heavy (non-hydrogen) atoms. The lowest BCUT2D eigenvalue weighted by Crippen LogP contribution is -2.55. The Morgan fingerprint density at radius 1 is 1.19 bits per heavy atom. The SMILES string of the molecule is COCCN1C[C@@]2(CCCN(C(=O)c3cc(F)cc(F)c3)C2)CCC1=O. The van der Waals surface area contributed by atoms with Crippen molar-refractivity contribution in [2.45, 2.75) is 25.7 Å². The second kappa shape index (κ2) is 7.70. The van der Waals surface area contributed by atoms with Crippen molar-refractivity contribution >= 4 is 11.8 Å². The van der Waals surface area contributed by atoms with Crippen LogP contribution in [0.1, 0.15) is 36.0 Å². The molecule has 0 bridgehead atoms. The Labute approximate surface area is 151 Å². The molecule has 0 saturated carbocycles. The quantitative estimate of drug-likeness (QED) is 0.823. The minimum absolute atomic E-state index is 0.0303. The second-order valence-electron chi connectivity index (χ2n) is 7.30. The van der Waals surface area contributed by atoms with Crippen LogP contribution in [0.4, 0.5) is 8.78 Å². The molecule has 0 aliphatic carbocycles. The van der Waals surface area contributed by atoms with Gasteiger partial charge < -0.3 is 14.5 Å². The van der Waals surface area contributed by atoms with Crippen LogP contribution in [-0.2, 0) is 9.53 Å². The van der Waals surface area contributed by atoms with E-state index in [9.17, 15) is 18.4 Å². The molecule has 1 spiro atoms. The lowest BCUT2D eigenvalue weighted by atomic mass is 9.73. The summed E-state index contributed by atoms with van der Waals surface area (Å²) < 4.78 is 32.0. The molecular formula is C19H24F2N2O3. The van der Waals surface area contributed by atoms with E-state index in [1.165, 1.54) is 0 Å². The van der Waals surface area contributed by atoms with Crippen LogP contribution >= 0.6 is 0 Å². The molecular weight excluding hydrogens is 342 g/mol. The van der Waals surface area contributed by atoms with Gasteiger partial charge in [0.2, 0.25) is 5.91 Å². The first-order valence-electron chi connectivity index (χ1n) is 8.95. The summed E-state index contributed by atoms with van der Waals surface area (Å²) >= 11 is 0. The fourth-order valence-electron chi connectivity index (χ4n) is 4.08. The van der Waals surface area contributed by atoms with Crippen molar-refractivity contribution < 1.29 is 23.1 Å². The highest BCUT2D eigenvalue weighted by atomic mass is 19.1. The van der Waals surface area contributed by atoms with Gasteiger partial charge in [0.1, 0.15) is 11.6 Å². The van der Waals surface area contributed by atoms with Gasteiger partial charge in [0, 0.05) is 56.8 Å². The fraction of sp³-hybridized carbons (Fsp3) is 0.579. The molecule has 2 fully saturated rings. The highest BCUT2D eigenvalue weighted by Gasteiger charge is 2.42. The van der Waals surface area contributed by atoms with Crippen LogP contribution < -0.4 is 0 Å². The number of methoxy groups -OCH3 is 1. The zero-order valence-corrected chi connectivity index (χ0v) is 15.0. The third kappa shape index (κ3) is 4.03. The second-order valence-corrected chi connectivity index (χ2v) is 7.30. The summed E-state index contributed by atoms with van der Waals surface area (Å²) in [5, 5.41) is 0. The Morgan fingerprint density at radius 3 is 2.62 bits per heavy atom. The number of benzene rings is 1. The minimum Gasteiger partial charge on any atom is -0.383 e. The molecule has 2 amide bonds. The van der Waals surface area contributed by atoms with E-state index in [0.29, 0.717) is 39.2 Å². The van der Waals surface area contributed by atoms with E-state index >= 15 is 0 Å². The molecule has 0 unspecified atom stereocenters. The molecule has 7 heteroatoms. The van der Waals surface area contributed by atoms with E-state index in [1.807, 2.05) is 4.90 Å². The summed E-state index contributed by atoms with van der Waals surface area (Å²) in [6, 6.07) is 2.90. The molecule has 1 atom stereocenters. The molecule has 0 N–H and O–H groups in total. The van der Waals surface area contributed by atoms with Crippen molar-refractivity contribution in [2.24, 2.45) is 5.41 Å². The molecule has 142 valence electrons. The lowest BCUT2D eigenvalue weighted by molar-refractivity contribution is -0.139. The van der Waals surface area contributed by atoms with Crippen molar-refractivity contribution in [2.75, 3.05) is 39.9 Å². The van der Waals surface area contributed by atoms with E-state index in [0.717, 1.165) is 37.5 Å². The van der Waals surface area contributed by atoms with Gasteiger partial charge in [0.25, 0.3) is 5.91 Å². The summed E-state index contributed by atoms with van der Waals surface area (Å²) in [7, 11) is 1.60. The first kappa shape index (κ1) is 18.8. The molecule has 1 aromatic carbocycles. The topological polar surface area (TPSA) is 49.9 Å². The Hall–Kier alpha value is -2.02. The Balaban J connectivity index is 1.73. The Kier molecular flexibility index (Phi) is 5.55. The van der Waals surface area contributed by atoms with E-state index in [4.69, 9.17) is 4.74 Å². The third-order valence-electron chi connectivity index (χ3n) is 5.37. The largest absolute Gasteiger partial charge is 0.383 e. The highest BCUT2D eigenvalue weighted by Crippen LogP contribution is 2.39. The first-order valence-corrected chi connectivity index (χ1v) is 8.95. The summed E-state index contributed by atoms with van der Waals surface area (Å²) in [4.78, 5) is 28.4. The van der Waals surface area contributed by atoms with E-state index < -0.39 is 11.6 Å². The zero-order chi connectivity index (χ0) is 18.7. The zero-order valence-electron chi connectivity index (χ0n) is 15.0. The number of nitrogens with zero attached hydrogens (tertiary/aromatic N) is 2. The normalized spacial score (nSPS) is 23.6. The average Bonchev–Trinajstić information content (AvgIpc) is 2.61. The molecule has 2 aliphatic heterocycles. The van der Waals surface area contributed by atoms with Gasteiger partial charge in [-0.25, -0.2) is 8.78 Å². The lowest BCUT2D eigenvalue weighted by Gasteiger charge is -2.48. The maximum atomic E-state index is 13.4. The summed E-state index contributed by atoms with van der Waals surface area (Å²) in [5.74, 6) is -1.76. The number of carbonyl (C=O) groups excluding carboxylic acids is 2. The van der Waals surface area contributed by atoms with Crippen LogP contribution in [0.25, 0.3) is 0 Å². The number of ether oxygens (including phenoxy) is 1. The molecule has 3 rings (SSSR count). The van der Waals surface area contributed by atoms with Gasteiger partial charge in [-0.3, -0.25) is 9.59 Å². The molecule has 5 nitrogen and oxygen atoms in total. The van der Waals surface area contributed by atoms with Crippen molar-refractivity contribution in [3.63, 3.8) is 0 Å². The third-order valence-corrected chi connectivity index (χ3v) is 5.37. The number of carbonyl (C=O) groups is 2. The van der Waals surface area contributed by atoms with Crippen LogP contribution in [0.3, 0.4) is 0 Å². The van der Waals surface area contributed by atoms with E-state index in [-0.39, 0.29) is 22.8 Å². The predicted octanol–water partition coefficient (Wildman–Crippen LogP) is 2.46. The van der Waals surface area contributed by atoms with Crippen molar-refractivity contribution in [1.29, 1.82) is 0 Å². The van der Waals surface area contributed by atoms with Gasteiger partial charge in [0.05, 0.1) is 6.61 Å². The fourth-order valence-corrected chi connectivity index (χ4v) is 4.08. The van der Waals surface area contributed by atoms with Crippen molar-refractivity contribution in [1.82, 2.24) is 9.80 Å². The van der Waals surface area contributed by atoms with E-state index in [1.54, 1.807) is 12.0 Å². The summed E-state index contributed by atoms with van der Waals surface area (Å²) in [6.07, 6.45) is 2.94. The standard InChI is InChI=1S/C19H24F2N2O3/c1-26-8-7-22-12-19(5-3-17(22)24)4-2-6-23(13-19)18(25)14-9-15(20)11-16(21)10-14/h9-11H,2-8,12-13H2,1H3/t19-/m1/s1. The number of hydrogen-bond acceptors (Lipinski definition) is 3. The number of halogens is 2. The number of likely N-dealkylation sites (tertiary alicyclic amines) is 2. The summed E-state index contributed by atoms with van der Waals surface area (Å²) in [5.41, 5.74) is -0.121. The van der Waals surface area contributed by atoms with Gasteiger partial charge in [-0.15, -0.1) is 0 Å². The van der Waals surface area contributed by atoms with Gasteiger partial charge in [-0.2, -0.15) is 0 Å². The van der Waals surface area contributed by atoms with Crippen molar-refractivity contribution in [3.05, 3.63) is 35.4 Å². The molecule has 2 heterocycles. The number of amides is 2. The molecule has 2 saturated heterocycles. The maximum absolute atomic E-state index is 13.4. The van der Waals surface area contributed by atoms with Crippen LogP contribution in [-0.4, -0.2) is 61.5 Å². The monoisotopic (exact) mass is 366 g/mol. The van der Waals surface area contributed by atoms with Crippen LogP contribution in [0.5, 0.6) is 0 Å². The number of hydrogen-bond donors (Lipinski definition) is 0. The van der Waals surface area contributed by atoms with Gasteiger partial charge >= 0.3 is 0 Å². The van der Waals surface area contributed by atoms with Gasteiger partial charge in [-0.05, 0) is 31.4 Å². The molecule has 1 aromatic rings. The van der Waals surface area contributed by atoms with Crippen LogP contribution in [0, 0.1) is 17.0 Å². The van der Waals surface area contributed by atoms with Crippen molar-refractivity contribution in [3.8, 4) is 0 Å². The predicted molar refractivity (Wildman–Crippen MR) is 91.6 cm³/mol. The minimum atomic E-state index is -0.755. The maximum Gasteiger partial charge on any atom is 0.254 e. The Bertz CT molecular complexity index is 677. The van der Waals surface area contributed by atoms with Crippen LogP contribution in [0.2, 0.25) is 0 Å². The molecule has 0 radical (unpaired) electrons. The number of rotatable bonds is 4. The Morgan fingerprint density at radius 2 is 1.92 bits per heavy atom. The van der Waals surface area contributed by atoms with Gasteiger partial charge in [-0.1, -0.05) is 0 Å². The van der Waals surface area contributed by atoms with Gasteiger partial charge in [0.15, 0.2) is 0 Å². The van der Waals surface area contributed by atoms with Crippen LogP contribution in [0.15, 0.2) is 18.2 Å². The first-order chi connectivity index (χ1) is 12.4. The van der Waals surface area contributed by atoms with E-state index in [2.05, 4.69) is 0 Å². The molecule has 0 aromatic heterocycles. The molecule has 2 aliphatic rings. The highest BCUT2D eigenvalue weighted by molar-refractivity contribution is 5.94. The number of piperidine rings is 2. The summed E-state index contributed by atoms with van der Waals surface area (Å²) in [6.45, 7) is 2.68.